The zero-order chi connectivity index (χ0) is 15.8. The summed E-state index contributed by atoms with van der Waals surface area (Å²) in [6.45, 7) is 4.43. The van der Waals surface area contributed by atoms with E-state index >= 15 is 0 Å². The van der Waals surface area contributed by atoms with Crippen LogP contribution in [0.25, 0.3) is 0 Å². The van der Waals surface area contributed by atoms with Crippen LogP contribution in [0.4, 0.5) is 0 Å². The number of hydrogen-bond acceptors (Lipinski definition) is 2. The molecule has 0 spiro atoms. The molecule has 0 aromatic heterocycles. The van der Waals surface area contributed by atoms with Crippen molar-refractivity contribution >= 4 is 29.0 Å². The number of unbranched alkanes of at least 4 members (excludes halogenated alkanes) is 9. The van der Waals surface area contributed by atoms with Crippen molar-refractivity contribution in [2.24, 2.45) is 5.92 Å². The summed E-state index contributed by atoms with van der Waals surface area (Å²) in [6.07, 6.45) is 16.1. The molecule has 1 unspecified atom stereocenters. The molecule has 0 bridgehead atoms. The molecule has 21 heavy (non-hydrogen) atoms. The van der Waals surface area contributed by atoms with E-state index in [1.807, 2.05) is 11.8 Å². The summed E-state index contributed by atoms with van der Waals surface area (Å²) in [7, 11) is 0. The van der Waals surface area contributed by atoms with Crippen LogP contribution in [0.2, 0.25) is 0 Å². The fourth-order valence-electron chi connectivity index (χ4n) is 2.54. The first kappa shape index (κ1) is 21.2. The highest BCUT2D eigenvalue weighted by Crippen LogP contribution is 2.17. The Kier molecular flexibility index (Phi) is 16.8. The predicted octanol–water partition coefficient (Wildman–Crippen LogP) is 6.94. The molecule has 0 aliphatic heterocycles. The fourth-order valence-corrected chi connectivity index (χ4v) is 4.03. The summed E-state index contributed by atoms with van der Waals surface area (Å²) in [4.78, 5) is 0. The van der Waals surface area contributed by atoms with Crippen LogP contribution >= 0.6 is 24.0 Å². The Bertz CT molecular complexity index is 231. The Morgan fingerprint density at radius 3 is 1.86 bits per heavy atom. The van der Waals surface area contributed by atoms with Gasteiger partial charge < -0.3 is 5.11 Å². The maximum atomic E-state index is 9.44. The first-order valence-corrected chi connectivity index (χ1v) is 10.6. The van der Waals surface area contributed by atoms with Crippen molar-refractivity contribution < 1.29 is 5.11 Å². The van der Waals surface area contributed by atoms with Crippen LogP contribution in [-0.2, 0) is 0 Å². The van der Waals surface area contributed by atoms with Crippen molar-refractivity contribution in [3.63, 3.8) is 0 Å². The van der Waals surface area contributed by atoms with Crippen molar-refractivity contribution in [3.05, 3.63) is 0 Å². The van der Waals surface area contributed by atoms with Crippen LogP contribution in [0.1, 0.15) is 90.9 Å². The first-order chi connectivity index (χ1) is 10.2. The standard InChI is InChI=1S/C18H36OS2/c1-3-5-6-7-8-9-10-11-12-13-15-21-16-17(14-4-2)18(19)20/h17H,3-16H2,1-2H3,(H,19,20). The van der Waals surface area contributed by atoms with Crippen molar-refractivity contribution in [2.45, 2.75) is 90.9 Å². The van der Waals surface area contributed by atoms with Crippen LogP contribution < -0.4 is 0 Å². The van der Waals surface area contributed by atoms with Gasteiger partial charge in [-0.25, -0.2) is 0 Å². The molecular weight excluding hydrogens is 296 g/mol. The SMILES string of the molecule is CCCCCCCCCCCCSCC(CCC)C(O)=S. The summed E-state index contributed by atoms with van der Waals surface area (Å²) in [5, 5.41) is 9.65. The number of aliphatic hydroxyl groups is 1. The van der Waals surface area contributed by atoms with Gasteiger partial charge in [0.2, 0.25) is 0 Å². The summed E-state index contributed by atoms with van der Waals surface area (Å²) >= 11 is 6.87. The Morgan fingerprint density at radius 2 is 1.38 bits per heavy atom. The molecule has 0 aromatic rings. The van der Waals surface area contributed by atoms with E-state index in [9.17, 15) is 5.11 Å². The molecule has 1 atom stereocenters. The quantitative estimate of drug-likeness (QED) is 0.244. The molecule has 0 aliphatic carbocycles. The van der Waals surface area contributed by atoms with Gasteiger partial charge in [0.15, 0.2) is 5.05 Å². The van der Waals surface area contributed by atoms with E-state index in [0.717, 1.165) is 18.6 Å². The van der Waals surface area contributed by atoms with Gasteiger partial charge in [0, 0.05) is 11.7 Å². The monoisotopic (exact) mass is 332 g/mol. The van der Waals surface area contributed by atoms with Crippen molar-refractivity contribution in [3.8, 4) is 0 Å². The largest absolute Gasteiger partial charge is 0.502 e. The lowest BCUT2D eigenvalue weighted by Gasteiger charge is -2.12. The number of thioether (sulfide) groups is 1. The molecule has 1 nitrogen and oxygen atoms in total. The van der Waals surface area contributed by atoms with Crippen LogP contribution in [0.15, 0.2) is 0 Å². The summed E-state index contributed by atoms with van der Waals surface area (Å²) < 4.78 is 0. The van der Waals surface area contributed by atoms with E-state index in [4.69, 9.17) is 12.2 Å². The van der Waals surface area contributed by atoms with E-state index in [1.54, 1.807) is 0 Å². The molecule has 0 aromatic carbocycles. The topological polar surface area (TPSA) is 20.2 Å². The zero-order valence-electron chi connectivity index (χ0n) is 14.2. The second-order valence-electron chi connectivity index (χ2n) is 6.08. The van der Waals surface area contributed by atoms with Gasteiger partial charge in [-0.1, -0.05) is 78.1 Å². The summed E-state index contributed by atoms with van der Waals surface area (Å²) in [5.74, 6) is 2.46. The molecule has 126 valence electrons. The lowest BCUT2D eigenvalue weighted by atomic mass is 10.1. The average molecular weight is 333 g/mol. The average Bonchev–Trinajstić information content (AvgIpc) is 2.47. The van der Waals surface area contributed by atoms with Gasteiger partial charge in [0.05, 0.1) is 0 Å². The third kappa shape index (κ3) is 14.9. The van der Waals surface area contributed by atoms with Gasteiger partial charge in [-0.2, -0.15) is 11.8 Å². The van der Waals surface area contributed by atoms with Gasteiger partial charge in [0.25, 0.3) is 0 Å². The minimum atomic E-state index is 0.215. The second-order valence-corrected chi connectivity index (χ2v) is 7.65. The second kappa shape index (κ2) is 16.6. The molecule has 0 rings (SSSR count). The van der Waals surface area contributed by atoms with Gasteiger partial charge in [-0.3, -0.25) is 0 Å². The number of aliphatic hydroxyl groups excluding tert-OH is 1. The number of rotatable bonds is 16. The highest BCUT2D eigenvalue weighted by Gasteiger charge is 2.11. The highest BCUT2D eigenvalue weighted by molar-refractivity contribution is 7.99. The maximum absolute atomic E-state index is 9.44. The fraction of sp³-hybridized carbons (Fsp3) is 0.944. The lowest BCUT2D eigenvalue weighted by Crippen LogP contribution is -2.14. The highest BCUT2D eigenvalue weighted by atomic mass is 32.2. The third-order valence-corrected chi connectivity index (χ3v) is 5.50. The molecule has 3 heteroatoms. The van der Waals surface area contributed by atoms with E-state index in [2.05, 4.69) is 13.8 Å². The van der Waals surface area contributed by atoms with Crippen LogP contribution in [0.3, 0.4) is 0 Å². The Balaban J connectivity index is 3.23. The molecule has 0 saturated carbocycles. The van der Waals surface area contributed by atoms with E-state index in [0.29, 0.717) is 0 Å². The first-order valence-electron chi connectivity index (χ1n) is 9.02. The van der Waals surface area contributed by atoms with E-state index in [1.165, 1.54) is 70.0 Å². The minimum Gasteiger partial charge on any atom is -0.502 e. The number of hydrogen-bond donors (Lipinski definition) is 1. The molecule has 0 amide bonds. The van der Waals surface area contributed by atoms with Crippen molar-refractivity contribution in [2.75, 3.05) is 11.5 Å². The molecule has 0 radical (unpaired) electrons. The molecule has 0 aliphatic rings. The van der Waals surface area contributed by atoms with E-state index < -0.39 is 0 Å². The maximum Gasteiger partial charge on any atom is 0.160 e. The van der Waals surface area contributed by atoms with Gasteiger partial charge in [-0.15, -0.1) is 0 Å². The molecule has 0 saturated heterocycles. The van der Waals surface area contributed by atoms with E-state index in [-0.39, 0.29) is 11.0 Å². The van der Waals surface area contributed by atoms with Crippen LogP contribution in [0, 0.1) is 5.92 Å². The third-order valence-electron chi connectivity index (χ3n) is 3.95. The Morgan fingerprint density at radius 1 is 0.857 bits per heavy atom. The molecular formula is C18H36OS2. The summed E-state index contributed by atoms with van der Waals surface area (Å²) in [5.41, 5.74) is 0. The smallest absolute Gasteiger partial charge is 0.160 e. The van der Waals surface area contributed by atoms with Crippen molar-refractivity contribution in [1.29, 1.82) is 0 Å². The molecule has 1 N–H and O–H groups in total. The van der Waals surface area contributed by atoms with Gasteiger partial charge in [0.1, 0.15) is 0 Å². The minimum absolute atomic E-state index is 0.215. The predicted molar refractivity (Wildman–Crippen MR) is 103 cm³/mol. The molecule has 0 fully saturated rings. The van der Waals surface area contributed by atoms with Crippen LogP contribution in [0.5, 0.6) is 0 Å². The number of thiocarbonyl (C=S) groups is 1. The van der Waals surface area contributed by atoms with Gasteiger partial charge in [-0.05, 0) is 30.8 Å². The van der Waals surface area contributed by atoms with Crippen molar-refractivity contribution in [1.82, 2.24) is 0 Å². The summed E-state index contributed by atoms with van der Waals surface area (Å²) in [6, 6.07) is 0. The lowest BCUT2D eigenvalue weighted by molar-refractivity contribution is 0.496. The van der Waals surface area contributed by atoms with Gasteiger partial charge >= 0.3 is 0 Å². The zero-order valence-corrected chi connectivity index (χ0v) is 15.9. The molecule has 0 heterocycles. The normalized spacial score (nSPS) is 12.5. The Hall–Kier alpha value is 0.240. The van der Waals surface area contributed by atoms with Crippen LogP contribution in [-0.4, -0.2) is 21.7 Å². The Labute approximate surface area is 142 Å².